The van der Waals surface area contributed by atoms with Crippen molar-refractivity contribution >= 4 is 16.9 Å². The van der Waals surface area contributed by atoms with Crippen LogP contribution in [0.25, 0.3) is 11.0 Å². The van der Waals surface area contributed by atoms with Crippen LogP contribution in [-0.4, -0.2) is 32.8 Å². The molecule has 2 aromatic rings. The monoisotopic (exact) mass is 234 g/mol. The highest BCUT2D eigenvalue weighted by molar-refractivity contribution is 5.87. The van der Waals surface area contributed by atoms with Crippen molar-refractivity contribution in [1.29, 1.82) is 0 Å². The highest BCUT2D eigenvalue weighted by Gasteiger charge is 2.28. The number of nitrogens with two attached hydrogens (primary N) is 1. The molecule has 6 heteroatoms. The summed E-state index contributed by atoms with van der Waals surface area (Å²) >= 11 is 0. The van der Waals surface area contributed by atoms with E-state index in [2.05, 4.69) is 15.0 Å². The zero-order valence-corrected chi connectivity index (χ0v) is 9.26. The first-order valence-electron chi connectivity index (χ1n) is 5.63. The molecule has 4 N–H and O–H groups in total. The van der Waals surface area contributed by atoms with E-state index in [-0.39, 0.29) is 18.8 Å². The number of H-pyrrole nitrogens is 1. The maximum atomic E-state index is 9.06. The zero-order chi connectivity index (χ0) is 11.8. The van der Waals surface area contributed by atoms with Gasteiger partial charge >= 0.3 is 0 Å². The Morgan fingerprint density at radius 1 is 1.47 bits per heavy atom. The molecule has 2 atom stereocenters. The van der Waals surface area contributed by atoms with Gasteiger partial charge in [-0.1, -0.05) is 0 Å². The molecule has 0 aromatic carbocycles. The summed E-state index contributed by atoms with van der Waals surface area (Å²) in [5.41, 5.74) is 8.30. The number of fused-ring (bicyclic) bond motifs is 1. The summed E-state index contributed by atoms with van der Waals surface area (Å²) in [4.78, 5) is 11.2. The van der Waals surface area contributed by atoms with Crippen LogP contribution in [0.15, 0.2) is 12.5 Å². The van der Waals surface area contributed by atoms with Gasteiger partial charge in [0, 0.05) is 11.8 Å². The van der Waals surface area contributed by atoms with Gasteiger partial charge in [-0.05, 0) is 12.8 Å². The quantitative estimate of drug-likeness (QED) is 0.712. The number of hydrogen-bond acceptors (Lipinski definition) is 5. The number of aromatic amines is 1. The maximum absolute atomic E-state index is 9.06. The highest BCUT2D eigenvalue weighted by Crippen LogP contribution is 2.36. The van der Waals surface area contributed by atoms with Crippen molar-refractivity contribution in [3.63, 3.8) is 0 Å². The molecule has 0 aliphatic carbocycles. The van der Waals surface area contributed by atoms with Gasteiger partial charge in [0.25, 0.3) is 0 Å². The lowest BCUT2D eigenvalue weighted by atomic mass is 10.1. The first-order valence-corrected chi connectivity index (χ1v) is 5.63. The Kier molecular flexibility index (Phi) is 2.45. The number of nitrogens with zero attached hydrogens (tertiary/aromatic N) is 2. The molecule has 1 saturated heterocycles. The molecule has 1 aliphatic rings. The third-order valence-electron chi connectivity index (χ3n) is 3.18. The zero-order valence-electron chi connectivity index (χ0n) is 9.26. The molecule has 90 valence electrons. The molecular weight excluding hydrogens is 220 g/mol. The number of ether oxygens (including phenoxy) is 1. The average Bonchev–Trinajstić information content (AvgIpc) is 2.94. The van der Waals surface area contributed by atoms with Crippen molar-refractivity contribution < 1.29 is 9.84 Å². The van der Waals surface area contributed by atoms with E-state index in [1.807, 2.05) is 6.20 Å². The van der Waals surface area contributed by atoms with E-state index >= 15 is 0 Å². The topological polar surface area (TPSA) is 97.1 Å². The number of hydrogen-bond donors (Lipinski definition) is 3. The first kappa shape index (κ1) is 10.5. The summed E-state index contributed by atoms with van der Waals surface area (Å²) in [6.07, 6.45) is 4.99. The summed E-state index contributed by atoms with van der Waals surface area (Å²) in [6, 6.07) is 0. The fourth-order valence-electron chi connectivity index (χ4n) is 2.29. The van der Waals surface area contributed by atoms with Gasteiger partial charge in [-0.15, -0.1) is 0 Å². The van der Waals surface area contributed by atoms with E-state index in [9.17, 15) is 0 Å². The standard InChI is InChI=1S/C11H14N4O2/c12-11-10-9(14-5-15-11)7(3-13-10)8-2-1-6(4-16)17-8/h3,5-6,8,13,16H,1-2,4H2,(H2,12,14,15)/t6-,8+/m0/s1. The molecule has 1 fully saturated rings. The number of aliphatic hydroxyl groups is 1. The first-order chi connectivity index (χ1) is 8.29. The summed E-state index contributed by atoms with van der Waals surface area (Å²) in [5.74, 6) is 0.443. The van der Waals surface area contributed by atoms with Crippen molar-refractivity contribution in [2.45, 2.75) is 25.0 Å². The second kappa shape index (κ2) is 3.97. The van der Waals surface area contributed by atoms with E-state index < -0.39 is 0 Å². The molecule has 0 unspecified atom stereocenters. The second-order valence-corrected chi connectivity index (χ2v) is 4.23. The number of nitrogen functional groups attached to an aromatic ring is 1. The number of aromatic nitrogens is 3. The molecule has 0 amide bonds. The molecule has 1 aliphatic heterocycles. The Labute approximate surface area is 97.8 Å². The van der Waals surface area contributed by atoms with Crippen molar-refractivity contribution in [3.05, 3.63) is 18.1 Å². The molecule has 0 radical (unpaired) electrons. The Morgan fingerprint density at radius 3 is 3.12 bits per heavy atom. The molecule has 0 saturated carbocycles. The minimum Gasteiger partial charge on any atom is -0.394 e. The summed E-state index contributed by atoms with van der Waals surface area (Å²) < 4.78 is 5.73. The Morgan fingerprint density at radius 2 is 2.35 bits per heavy atom. The number of aliphatic hydroxyl groups excluding tert-OH is 1. The molecule has 17 heavy (non-hydrogen) atoms. The molecule has 3 rings (SSSR count). The van der Waals surface area contributed by atoms with Crippen LogP contribution in [0.2, 0.25) is 0 Å². The van der Waals surface area contributed by atoms with Gasteiger partial charge in [0.05, 0.1) is 24.3 Å². The largest absolute Gasteiger partial charge is 0.394 e. The average molecular weight is 234 g/mol. The van der Waals surface area contributed by atoms with E-state index in [1.165, 1.54) is 6.33 Å². The molecule has 0 spiro atoms. The van der Waals surface area contributed by atoms with Gasteiger partial charge in [-0.3, -0.25) is 0 Å². The second-order valence-electron chi connectivity index (χ2n) is 4.23. The van der Waals surface area contributed by atoms with Gasteiger partial charge < -0.3 is 20.6 Å². The van der Waals surface area contributed by atoms with Crippen LogP contribution in [0.3, 0.4) is 0 Å². The minimum atomic E-state index is -0.0656. The van der Waals surface area contributed by atoms with Crippen molar-refractivity contribution in [2.75, 3.05) is 12.3 Å². The summed E-state index contributed by atoms with van der Waals surface area (Å²) in [7, 11) is 0. The Hall–Kier alpha value is -1.66. The van der Waals surface area contributed by atoms with Gasteiger partial charge in [-0.2, -0.15) is 0 Å². The van der Waals surface area contributed by atoms with Crippen LogP contribution in [0.1, 0.15) is 24.5 Å². The van der Waals surface area contributed by atoms with Crippen LogP contribution in [-0.2, 0) is 4.74 Å². The molecule has 6 nitrogen and oxygen atoms in total. The number of rotatable bonds is 2. The molecule has 0 bridgehead atoms. The lowest BCUT2D eigenvalue weighted by Crippen LogP contribution is -2.10. The molecule has 3 heterocycles. The summed E-state index contributed by atoms with van der Waals surface area (Å²) in [5, 5.41) is 9.06. The predicted molar refractivity (Wildman–Crippen MR) is 62.2 cm³/mol. The predicted octanol–water partition coefficient (Wildman–Crippen LogP) is 0.752. The van der Waals surface area contributed by atoms with Crippen molar-refractivity contribution in [3.8, 4) is 0 Å². The van der Waals surface area contributed by atoms with Gasteiger partial charge in [0.1, 0.15) is 11.8 Å². The van der Waals surface area contributed by atoms with Gasteiger partial charge in [0.15, 0.2) is 5.82 Å². The van der Waals surface area contributed by atoms with Crippen molar-refractivity contribution in [1.82, 2.24) is 15.0 Å². The normalized spacial score (nSPS) is 24.5. The SMILES string of the molecule is Nc1ncnc2c([C@H]3CC[C@@H](CO)O3)c[nH]c12. The highest BCUT2D eigenvalue weighted by atomic mass is 16.5. The lowest BCUT2D eigenvalue weighted by molar-refractivity contribution is 0.0115. The van der Waals surface area contributed by atoms with Gasteiger partial charge in [0.2, 0.25) is 0 Å². The van der Waals surface area contributed by atoms with Crippen molar-refractivity contribution in [2.24, 2.45) is 0 Å². The maximum Gasteiger partial charge on any atom is 0.151 e. The van der Waals surface area contributed by atoms with Crippen LogP contribution in [0, 0.1) is 0 Å². The lowest BCUT2D eigenvalue weighted by Gasteiger charge is -2.10. The third kappa shape index (κ3) is 1.65. The Bertz CT molecular complexity index is 539. The van der Waals surface area contributed by atoms with Crippen LogP contribution >= 0.6 is 0 Å². The number of anilines is 1. The van der Waals surface area contributed by atoms with Crippen LogP contribution < -0.4 is 5.73 Å². The number of nitrogens with one attached hydrogen (secondary N) is 1. The van der Waals surface area contributed by atoms with Crippen LogP contribution in [0.4, 0.5) is 5.82 Å². The fourth-order valence-corrected chi connectivity index (χ4v) is 2.29. The van der Waals surface area contributed by atoms with Gasteiger partial charge in [-0.25, -0.2) is 9.97 Å². The van der Waals surface area contributed by atoms with E-state index in [4.69, 9.17) is 15.6 Å². The summed E-state index contributed by atoms with van der Waals surface area (Å²) in [6.45, 7) is 0.0655. The Balaban J connectivity index is 1.99. The van der Waals surface area contributed by atoms with E-state index in [0.29, 0.717) is 5.82 Å². The smallest absolute Gasteiger partial charge is 0.151 e. The third-order valence-corrected chi connectivity index (χ3v) is 3.18. The molecular formula is C11H14N4O2. The van der Waals surface area contributed by atoms with Crippen LogP contribution in [0.5, 0.6) is 0 Å². The fraction of sp³-hybridized carbons (Fsp3) is 0.455. The van der Waals surface area contributed by atoms with E-state index in [0.717, 1.165) is 29.4 Å². The minimum absolute atomic E-state index is 0.0183. The molecule has 2 aromatic heterocycles. The van der Waals surface area contributed by atoms with E-state index in [1.54, 1.807) is 0 Å².